The Balaban J connectivity index is 3.19. The number of hydrogen-bond acceptors (Lipinski definition) is 6. The smallest absolute Gasteiger partial charge is 0.507 e. The molecule has 0 aliphatic carbocycles. The summed E-state index contributed by atoms with van der Waals surface area (Å²) in [5, 5.41) is 36.1. The molecule has 0 saturated heterocycles. The third kappa shape index (κ3) is 2.68. The molecule has 0 heterocycles. The van der Waals surface area contributed by atoms with E-state index >= 15 is 0 Å². The van der Waals surface area contributed by atoms with Crippen molar-refractivity contribution in [2.24, 2.45) is 0 Å². The Hall–Kier alpha value is -2.13. The number of rotatable bonds is 4. The molecule has 8 nitrogen and oxygen atoms in total. The van der Waals surface area contributed by atoms with Gasteiger partial charge in [-0.2, -0.15) is 0 Å². The molecule has 16 heavy (non-hydrogen) atoms. The van der Waals surface area contributed by atoms with Gasteiger partial charge in [0.2, 0.25) is 0 Å². The second-order valence-corrected chi connectivity index (χ2v) is 2.69. The van der Waals surface area contributed by atoms with Crippen LogP contribution in [-0.2, 0) is 0 Å². The molecule has 0 aliphatic rings. The van der Waals surface area contributed by atoms with Gasteiger partial charge < -0.3 is 19.8 Å². The molecule has 0 fully saturated rings. The van der Waals surface area contributed by atoms with E-state index in [0.29, 0.717) is 0 Å². The molecule has 0 saturated carbocycles. The summed E-state index contributed by atoms with van der Waals surface area (Å²) in [6.07, 6.45) is 0. The van der Waals surface area contributed by atoms with Crippen LogP contribution in [0.15, 0.2) is 18.2 Å². The minimum Gasteiger partial charge on any atom is -0.507 e. The van der Waals surface area contributed by atoms with Crippen molar-refractivity contribution in [1.82, 2.24) is 0 Å². The molecule has 0 unspecified atom stereocenters. The molecule has 1 rings (SSSR count). The van der Waals surface area contributed by atoms with Crippen molar-refractivity contribution in [3.05, 3.63) is 33.9 Å². The van der Waals surface area contributed by atoms with Crippen molar-refractivity contribution in [3.8, 4) is 5.75 Å². The molecule has 0 amide bonds. The number of aromatic carboxylic acids is 1. The molecular formula is C7H6BNO7. The van der Waals surface area contributed by atoms with Crippen molar-refractivity contribution in [2.75, 3.05) is 0 Å². The van der Waals surface area contributed by atoms with Crippen LogP contribution >= 0.6 is 0 Å². The third-order valence-electron chi connectivity index (χ3n) is 1.63. The fourth-order valence-electron chi connectivity index (χ4n) is 1.01. The van der Waals surface area contributed by atoms with E-state index < -0.39 is 29.7 Å². The molecular weight excluding hydrogens is 221 g/mol. The van der Waals surface area contributed by atoms with Crippen molar-refractivity contribution >= 4 is 19.0 Å². The van der Waals surface area contributed by atoms with Gasteiger partial charge in [-0.05, 0) is 12.1 Å². The number of nitrogens with zero attached hydrogens (tertiary/aromatic N) is 1. The summed E-state index contributed by atoms with van der Waals surface area (Å²) in [7, 11) is -2.21. The van der Waals surface area contributed by atoms with Crippen molar-refractivity contribution in [2.45, 2.75) is 0 Å². The number of carboxylic acids is 1. The van der Waals surface area contributed by atoms with Gasteiger partial charge in [0.15, 0.2) is 5.75 Å². The summed E-state index contributed by atoms with van der Waals surface area (Å²) in [5.41, 5.74) is -0.959. The van der Waals surface area contributed by atoms with E-state index in [1.165, 1.54) is 0 Å². The second-order valence-electron chi connectivity index (χ2n) is 2.69. The summed E-state index contributed by atoms with van der Waals surface area (Å²) in [5.74, 6) is -1.76. The molecule has 0 spiro atoms. The number of carbonyl (C=O) groups is 1. The zero-order chi connectivity index (χ0) is 12.3. The summed E-state index contributed by atoms with van der Waals surface area (Å²) in [6.45, 7) is 0. The first-order valence-electron chi connectivity index (χ1n) is 3.96. The predicted molar refractivity (Wildman–Crippen MR) is 50.9 cm³/mol. The summed E-state index contributed by atoms with van der Waals surface area (Å²) in [6, 6.07) is 2.79. The number of benzene rings is 1. The van der Waals surface area contributed by atoms with Gasteiger partial charge in [-0.15, -0.1) is 0 Å². The fraction of sp³-hybridized carbons (Fsp3) is 0. The van der Waals surface area contributed by atoms with Crippen molar-refractivity contribution < 1.29 is 29.5 Å². The van der Waals surface area contributed by atoms with Crippen LogP contribution < -0.4 is 4.65 Å². The Labute approximate surface area is 89.0 Å². The first-order chi connectivity index (χ1) is 7.41. The molecule has 1 aromatic rings. The highest BCUT2D eigenvalue weighted by molar-refractivity contribution is 6.33. The van der Waals surface area contributed by atoms with Crippen LogP contribution in [0.25, 0.3) is 0 Å². The van der Waals surface area contributed by atoms with Gasteiger partial charge >= 0.3 is 19.0 Å². The maximum Gasteiger partial charge on any atom is 0.707 e. The van der Waals surface area contributed by atoms with E-state index in [2.05, 4.69) is 4.65 Å². The van der Waals surface area contributed by atoms with E-state index in [0.717, 1.165) is 18.2 Å². The second kappa shape index (κ2) is 4.60. The Kier molecular flexibility index (Phi) is 3.43. The maximum absolute atomic E-state index is 10.5. The highest BCUT2D eigenvalue weighted by Gasteiger charge is 2.22. The number of carboxylic acid groups (broad SMARTS) is 1. The van der Waals surface area contributed by atoms with E-state index in [1.807, 2.05) is 0 Å². The Morgan fingerprint density at radius 3 is 2.50 bits per heavy atom. The molecule has 0 atom stereocenters. The average molecular weight is 227 g/mol. The third-order valence-corrected chi connectivity index (χ3v) is 1.63. The van der Waals surface area contributed by atoms with E-state index in [4.69, 9.17) is 15.2 Å². The van der Waals surface area contributed by atoms with Crippen molar-refractivity contribution in [1.29, 1.82) is 0 Å². The predicted octanol–water partition coefficient (Wildman–Crippen LogP) is -0.359. The Morgan fingerprint density at radius 1 is 1.44 bits per heavy atom. The van der Waals surface area contributed by atoms with Gasteiger partial charge in [0.05, 0.1) is 10.5 Å². The minimum absolute atomic E-state index is 0.300. The van der Waals surface area contributed by atoms with E-state index in [9.17, 15) is 14.9 Å². The van der Waals surface area contributed by atoms with Crippen LogP contribution in [0.5, 0.6) is 5.75 Å². The molecule has 84 valence electrons. The number of nitro benzene ring substituents is 1. The number of hydrogen-bond donors (Lipinski definition) is 3. The average Bonchev–Trinajstić information content (AvgIpc) is 2.16. The molecule has 0 radical (unpaired) electrons. The minimum atomic E-state index is -2.21. The van der Waals surface area contributed by atoms with Crippen molar-refractivity contribution in [3.63, 3.8) is 0 Å². The van der Waals surface area contributed by atoms with Crippen LogP contribution in [0.3, 0.4) is 0 Å². The number of nitro groups is 1. The summed E-state index contributed by atoms with van der Waals surface area (Å²) in [4.78, 5) is 20.2. The molecule has 9 heteroatoms. The molecule has 1 aromatic carbocycles. The van der Waals surface area contributed by atoms with Crippen LogP contribution in [-0.4, -0.2) is 33.4 Å². The summed E-state index contributed by atoms with van der Waals surface area (Å²) < 4.78 is 4.32. The monoisotopic (exact) mass is 227 g/mol. The van der Waals surface area contributed by atoms with Crippen LogP contribution in [0.2, 0.25) is 0 Å². The lowest BCUT2D eigenvalue weighted by Crippen LogP contribution is -2.21. The lowest BCUT2D eigenvalue weighted by atomic mass is 10.1. The van der Waals surface area contributed by atoms with Gasteiger partial charge in [-0.3, -0.25) is 10.1 Å². The zero-order valence-corrected chi connectivity index (χ0v) is 7.73. The van der Waals surface area contributed by atoms with Crippen LogP contribution in [0.1, 0.15) is 10.4 Å². The first kappa shape index (κ1) is 11.9. The Bertz CT molecular complexity index is 433. The first-order valence-corrected chi connectivity index (χ1v) is 3.96. The normalized spacial score (nSPS) is 9.62. The topological polar surface area (TPSA) is 130 Å². The van der Waals surface area contributed by atoms with Gasteiger partial charge in [0.25, 0.3) is 0 Å². The van der Waals surface area contributed by atoms with Crippen LogP contribution in [0.4, 0.5) is 5.69 Å². The van der Waals surface area contributed by atoms with Gasteiger partial charge in [0.1, 0.15) is 0 Å². The van der Waals surface area contributed by atoms with E-state index in [-0.39, 0.29) is 5.56 Å². The maximum atomic E-state index is 10.5. The molecule has 3 N–H and O–H groups in total. The van der Waals surface area contributed by atoms with E-state index in [1.54, 1.807) is 0 Å². The zero-order valence-electron chi connectivity index (χ0n) is 7.73. The SMILES string of the molecule is O=C(O)c1ccc(OB(O)O)c([N+](=O)[O-])c1. The quantitative estimate of drug-likeness (QED) is 0.363. The standard InChI is InChI=1S/C7H6BNO7/c10-7(11)4-1-2-6(16-8(12)13)5(3-4)9(14)15/h1-3,12-13H,(H,10,11). The lowest BCUT2D eigenvalue weighted by molar-refractivity contribution is -0.385. The largest absolute Gasteiger partial charge is 0.707 e. The lowest BCUT2D eigenvalue weighted by Gasteiger charge is -2.05. The molecule has 0 aromatic heterocycles. The summed E-state index contributed by atoms with van der Waals surface area (Å²) >= 11 is 0. The Morgan fingerprint density at radius 2 is 2.06 bits per heavy atom. The van der Waals surface area contributed by atoms with Gasteiger partial charge in [0, 0.05) is 6.07 Å². The molecule has 0 bridgehead atoms. The van der Waals surface area contributed by atoms with Gasteiger partial charge in [-0.25, -0.2) is 4.79 Å². The highest BCUT2D eigenvalue weighted by atomic mass is 16.6. The fourth-order valence-corrected chi connectivity index (χ4v) is 1.01. The van der Waals surface area contributed by atoms with Crippen LogP contribution in [0, 0.1) is 10.1 Å². The highest BCUT2D eigenvalue weighted by Crippen LogP contribution is 2.28. The van der Waals surface area contributed by atoms with Gasteiger partial charge in [-0.1, -0.05) is 0 Å². The molecule has 0 aliphatic heterocycles.